The van der Waals surface area contributed by atoms with E-state index in [4.69, 9.17) is 9.47 Å². The van der Waals surface area contributed by atoms with Crippen LogP contribution in [0.25, 0.3) is 0 Å². The van der Waals surface area contributed by atoms with Gasteiger partial charge in [-0.3, -0.25) is 4.90 Å². The first-order chi connectivity index (χ1) is 13.6. The van der Waals surface area contributed by atoms with Gasteiger partial charge >= 0.3 is 6.03 Å². The Bertz CT molecular complexity index is 602. The van der Waals surface area contributed by atoms with E-state index in [0.717, 1.165) is 44.6 Å². The van der Waals surface area contributed by atoms with Crippen molar-refractivity contribution in [3.05, 3.63) is 30.3 Å². The first-order valence-electron chi connectivity index (χ1n) is 10.6. The smallest absolute Gasteiger partial charge is 0.317 e. The van der Waals surface area contributed by atoms with Crippen molar-refractivity contribution in [3.8, 4) is 5.75 Å². The van der Waals surface area contributed by atoms with Crippen molar-refractivity contribution in [2.45, 2.75) is 51.3 Å². The standard InChI is InChI=1S/C22H35N3O3/c1-17(2)25-16-20(28-19-8-5-4-6-9-19)21(25)18-10-13-24(14-11-18)22(26)23-12-7-15-27-3/h4-6,8-9,17-18,20-21H,7,10-16H2,1-3H3,(H,23,26)/t20-,21-/m0/s1. The molecule has 2 atom stereocenters. The Morgan fingerprint density at radius 2 is 1.93 bits per heavy atom. The van der Waals surface area contributed by atoms with Gasteiger partial charge < -0.3 is 19.7 Å². The monoisotopic (exact) mass is 389 g/mol. The molecule has 0 unspecified atom stereocenters. The Labute approximate surface area is 169 Å². The molecule has 0 spiro atoms. The Morgan fingerprint density at radius 1 is 1.21 bits per heavy atom. The van der Waals surface area contributed by atoms with Crippen molar-refractivity contribution in [2.24, 2.45) is 5.92 Å². The minimum atomic E-state index is 0.0564. The number of carbonyl (C=O) groups is 1. The molecule has 2 heterocycles. The number of ether oxygens (including phenoxy) is 2. The van der Waals surface area contributed by atoms with Gasteiger partial charge in [0.1, 0.15) is 11.9 Å². The molecule has 3 rings (SSSR count). The summed E-state index contributed by atoms with van der Waals surface area (Å²) in [6.45, 7) is 8.49. The number of likely N-dealkylation sites (tertiary alicyclic amines) is 2. The number of nitrogens with one attached hydrogen (secondary N) is 1. The highest BCUT2D eigenvalue weighted by molar-refractivity contribution is 5.74. The molecule has 2 aliphatic rings. The molecule has 0 aliphatic carbocycles. The van der Waals surface area contributed by atoms with Crippen molar-refractivity contribution >= 4 is 6.03 Å². The summed E-state index contributed by atoms with van der Waals surface area (Å²) in [5.74, 6) is 1.52. The SMILES string of the molecule is COCCCNC(=O)N1CCC([C@H]2[C@@H](Oc3ccccc3)CN2C(C)C)CC1. The summed E-state index contributed by atoms with van der Waals surface area (Å²) >= 11 is 0. The van der Waals surface area contributed by atoms with E-state index in [1.807, 2.05) is 35.2 Å². The Kier molecular flexibility index (Phi) is 7.57. The topological polar surface area (TPSA) is 54.0 Å². The number of nitrogens with zero attached hydrogens (tertiary/aromatic N) is 2. The molecule has 1 aromatic carbocycles. The van der Waals surface area contributed by atoms with Gasteiger partial charge in [-0.2, -0.15) is 0 Å². The van der Waals surface area contributed by atoms with Gasteiger partial charge in [0.2, 0.25) is 0 Å². The van der Waals surface area contributed by atoms with Crippen LogP contribution >= 0.6 is 0 Å². The van der Waals surface area contributed by atoms with Crippen LogP contribution in [0.2, 0.25) is 0 Å². The quantitative estimate of drug-likeness (QED) is 0.695. The number of amides is 2. The largest absolute Gasteiger partial charge is 0.487 e. The molecule has 0 radical (unpaired) electrons. The second-order valence-corrected chi connectivity index (χ2v) is 8.15. The van der Waals surface area contributed by atoms with Gasteiger partial charge in [-0.1, -0.05) is 18.2 Å². The number of carbonyl (C=O) groups excluding carboxylic acids is 1. The van der Waals surface area contributed by atoms with Gasteiger partial charge in [0.25, 0.3) is 0 Å². The molecule has 2 fully saturated rings. The summed E-state index contributed by atoms with van der Waals surface area (Å²) in [4.78, 5) is 16.8. The molecule has 1 aromatic rings. The number of urea groups is 1. The van der Waals surface area contributed by atoms with Gasteiger partial charge in [0.15, 0.2) is 0 Å². The lowest BCUT2D eigenvalue weighted by atomic mass is 9.79. The van der Waals surface area contributed by atoms with Crippen LogP contribution in [-0.4, -0.2) is 73.9 Å². The summed E-state index contributed by atoms with van der Waals surface area (Å²) in [5.41, 5.74) is 0. The fourth-order valence-electron chi connectivity index (χ4n) is 4.39. The van der Waals surface area contributed by atoms with Gasteiger partial charge in [-0.25, -0.2) is 4.79 Å². The molecule has 2 amide bonds. The lowest BCUT2D eigenvalue weighted by molar-refractivity contribution is -0.0981. The predicted molar refractivity (Wildman–Crippen MR) is 111 cm³/mol. The summed E-state index contributed by atoms with van der Waals surface area (Å²) in [7, 11) is 1.68. The first-order valence-corrected chi connectivity index (χ1v) is 10.6. The highest BCUT2D eigenvalue weighted by Crippen LogP contribution is 2.36. The van der Waals surface area contributed by atoms with Gasteiger partial charge in [0.05, 0.1) is 6.04 Å². The third-order valence-electron chi connectivity index (χ3n) is 5.96. The molecule has 0 aromatic heterocycles. The second-order valence-electron chi connectivity index (χ2n) is 8.15. The van der Waals surface area contributed by atoms with Crippen LogP contribution in [0, 0.1) is 5.92 Å². The van der Waals surface area contributed by atoms with E-state index < -0.39 is 0 Å². The molecule has 0 bridgehead atoms. The summed E-state index contributed by atoms with van der Waals surface area (Å²) < 4.78 is 11.3. The Morgan fingerprint density at radius 3 is 2.57 bits per heavy atom. The van der Waals surface area contributed by atoms with Crippen molar-refractivity contribution in [3.63, 3.8) is 0 Å². The average Bonchev–Trinajstić information content (AvgIpc) is 2.69. The maximum atomic E-state index is 12.3. The summed E-state index contributed by atoms with van der Waals surface area (Å²) in [6.07, 6.45) is 3.16. The van der Waals surface area contributed by atoms with E-state index >= 15 is 0 Å². The van der Waals surface area contributed by atoms with Crippen molar-refractivity contribution in [1.29, 1.82) is 0 Å². The lowest BCUT2D eigenvalue weighted by Crippen LogP contribution is -2.68. The van der Waals surface area contributed by atoms with Crippen LogP contribution in [0.5, 0.6) is 5.75 Å². The minimum Gasteiger partial charge on any atom is -0.487 e. The maximum absolute atomic E-state index is 12.3. The van der Waals surface area contributed by atoms with Crippen molar-refractivity contribution < 1.29 is 14.3 Å². The zero-order valence-electron chi connectivity index (χ0n) is 17.5. The molecule has 6 nitrogen and oxygen atoms in total. The highest BCUT2D eigenvalue weighted by atomic mass is 16.5. The van der Waals surface area contributed by atoms with Gasteiger partial charge in [-0.05, 0) is 51.2 Å². The molecule has 2 aliphatic heterocycles. The van der Waals surface area contributed by atoms with Crippen LogP contribution in [-0.2, 0) is 4.74 Å². The number of hydrogen-bond donors (Lipinski definition) is 1. The van der Waals surface area contributed by atoms with Gasteiger partial charge in [-0.15, -0.1) is 0 Å². The molecular weight excluding hydrogens is 354 g/mol. The average molecular weight is 390 g/mol. The van der Waals surface area contributed by atoms with Crippen LogP contribution in [0.15, 0.2) is 30.3 Å². The van der Waals surface area contributed by atoms with Crippen LogP contribution < -0.4 is 10.1 Å². The molecule has 1 N–H and O–H groups in total. The van der Waals surface area contributed by atoms with Crippen LogP contribution in [0.1, 0.15) is 33.1 Å². The number of methoxy groups -OCH3 is 1. The number of piperidine rings is 1. The number of benzene rings is 1. The molecule has 2 saturated heterocycles. The Balaban J connectivity index is 1.51. The van der Waals surface area contributed by atoms with E-state index in [2.05, 4.69) is 24.1 Å². The fraction of sp³-hybridized carbons (Fsp3) is 0.682. The van der Waals surface area contributed by atoms with E-state index in [0.29, 0.717) is 31.2 Å². The third kappa shape index (κ3) is 5.17. The van der Waals surface area contributed by atoms with Crippen molar-refractivity contribution in [2.75, 3.05) is 39.9 Å². The lowest BCUT2D eigenvalue weighted by Gasteiger charge is -2.54. The molecule has 156 valence electrons. The Hall–Kier alpha value is -1.79. The van der Waals surface area contributed by atoms with E-state index in [1.54, 1.807) is 7.11 Å². The molecule has 6 heteroatoms. The summed E-state index contributed by atoms with van der Waals surface area (Å²) in [5, 5.41) is 3.00. The normalized spacial score (nSPS) is 23.5. The van der Waals surface area contributed by atoms with E-state index in [-0.39, 0.29) is 12.1 Å². The van der Waals surface area contributed by atoms with E-state index in [1.165, 1.54) is 0 Å². The van der Waals surface area contributed by atoms with Crippen LogP contribution in [0.4, 0.5) is 4.79 Å². The van der Waals surface area contributed by atoms with Crippen LogP contribution in [0.3, 0.4) is 0 Å². The zero-order valence-corrected chi connectivity index (χ0v) is 17.5. The fourth-order valence-corrected chi connectivity index (χ4v) is 4.39. The second kappa shape index (κ2) is 10.1. The molecule has 28 heavy (non-hydrogen) atoms. The maximum Gasteiger partial charge on any atom is 0.317 e. The summed E-state index contributed by atoms with van der Waals surface area (Å²) in [6, 6.07) is 11.1. The number of hydrogen-bond acceptors (Lipinski definition) is 4. The number of para-hydroxylation sites is 1. The number of rotatable bonds is 8. The highest BCUT2D eigenvalue weighted by Gasteiger charge is 2.47. The van der Waals surface area contributed by atoms with Gasteiger partial charge in [0, 0.05) is 45.9 Å². The zero-order chi connectivity index (χ0) is 19.9. The molecule has 0 saturated carbocycles. The minimum absolute atomic E-state index is 0.0564. The first kappa shape index (κ1) is 20.9. The molecular formula is C22H35N3O3. The predicted octanol–water partition coefficient (Wildman–Crippen LogP) is 2.98. The van der Waals surface area contributed by atoms with E-state index in [9.17, 15) is 4.79 Å². The van der Waals surface area contributed by atoms with Crippen molar-refractivity contribution in [1.82, 2.24) is 15.1 Å². The third-order valence-corrected chi connectivity index (χ3v) is 5.96.